The van der Waals surface area contributed by atoms with E-state index in [0.29, 0.717) is 17.8 Å². The monoisotopic (exact) mass is 327 g/mol. The zero-order valence-electron chi connectivity index (χ0n) is 13.8. The number of benzene rings is 1. The molecule has 0 unspecified atom stereocenters. The predicted octanol–water partition coefficient (Wildman–Crippen LogP) is 3.14. The quantitative estimate of drug-likeness (QED) is 0.603. The molecule has 0 radical (unpaired) electrons. The number of methoxy groups -OCH3 is 1. The van der Waals surface area contributed by atoms with Gasteiger partial charge in [-0.2, -0.15) is 0 Å². The van der Waals surface area contributed by atoms with E-state index in [2.05, 4.69) is 27.3 Å². The maximum atomic E-state index is 11.9. The molecule has 0 aliphatic heterocycles. The molecule has 2 aromatic rings. The molecule has 2 rings (SSSR count). The fourth-order valence-electron chi connectivity index (χ4n) is 2.05. The molecule has 1 aromatic heterocycles. The van der Waals surface area contributed by atoms with Crippen LogP contribution in [0.4, 0.5) is 11.4 Å². The molecule has 1 aromatic carbocycles. The Balaban J connectivity index is 1.96. The third-order valence-electron chi connectivity index (χ3n) is 3.41. The van der Waals surface area contributed by atoms with Gasteiger partial charge in [0.1, 0.15) is 5.69 Å². The fraction of sp³-hybridized carbons (Fsp3) is 0.278. The van der Waals surface area contributed by atoms with Crippen LogP contribution in [0.3, 0.4) is 0 Å². The number of amides is 1. The minimum absolute atomic E-state index is 0.169. The molecule has 2 N–H and O–H groups in total. The molecule has 0 saturated heterocycles. The maximum Gasteiger partial charge on any atom is 0.337 e. The first kappa shape index (κ1) is 17.5. The third kappa shape index (κ3) is 4.81. The van der Waals surface area contributed by atoms with E-state index in [1.807, 2.05) is 0 Å². The van der Waals surface area contributed by atoms with Crippen molar-refractivity contribution in [1.82, 2.24) is 10.3 Å². The van der Waals surface area contributed by atoms with Crippen molar-refractivity contribution >= 4 is 23.3 Å². The SMILES string of the molecule is CCCCNC(=O)c1ccc(Nc2ccc(C(=O)OC)cc2)cn1. The van der Waals surface area contributed by atoms with Crippen molar-refractivity contribution < 1.29 is 14.3 Å². The molecule has 126 valence electrons. The number of nitrogens with zero attached hydrogens (tertiary/aromatic N) is 1. The smallest absolute Gasteiger partial charge is 0.337 e. The molecule has 0 aliphatic carbocycles. The lowest BCUT2D eigenvalue weighted by molar-refractivity contribution is 0.0600. The lowest BCUT2D eigenvalue weighted by Crippen LogP contribution is -2.25. The van der Waals surface area contributed by atoms with Crippen molar-refractivity contribution in [2.45, 2.75) is 19.8 Å². The number of carbonyl (C=O) groups is 2. The van der Waals surface area contributed by atoms with Crippen LogP contribution in [0.15, 0.2) is 42.6 Å². The molecule has 6 heteroatoms. The number of nitrogens with one attached hydrogen (secondary N) is 2. The summed E-state index contributed by atoms with van der Waals surface area (Å²) in [5.74, 6) is -0.543. The van der Waals surface area contributed by atoms with E-state index in [-0.39, 0.29) is 11.9 Å². The molecular formula is C18H21N3O3. The second-order valence-corrected chi connectivity index (χ2v) is 5.24. The van der Waals surface area contributed by atoms with Gasteiger partial charge in [-0.3, -0.25) is 4.79 Å². The van der Waals surface area contributed by atoms with Crippen LogP contribution in [0.2, 0.25) is 0 Å². The van der Waals surface area contributed by atoms with Gasteiger partial charge >= 0.3 is 5.97 Å². The van der Waals surface area contributed by atoms with Crippen LogP contribution in [0, 0.1) is 0 Å². The molecule has 1 heterocycles. The highest BCUT2D eigenvalue weighted by Gasteiger charge is 2.07. The van der Waals surface area contributed by atoms with Gasteiger partial charge in [-0.05, 0) is 42.8 Å². The van der Waals surface area contributed by atoms with Gasteiger partial charge in [0, 0.05) is 12.2 Å². The van der Waals surface area contributed by atoms with Crippen molar-refractivity contribution in [2.75, 3.05) is 19.0 Å². The number of ether oxygens (including phenoxy) is 1. The zero-order valence-corrected chi connectivity index (χ0v) is 13.8. The number of pyridine rings is 1. The average molecular weight is 327 g/mol. The first-order chi connectivity index (χ1) is 11.6. The van der Waals surface area contributed by atoms with Crippen molar-refractivity contribution in [3.05, 3.63) is 53.9 Å². The summed E-state index contributed by atoms with van der Waals surface area (Å²) < 4.78 is 4.66. The van der Waals surface area contributed by atoms with Crippen molar-refractivity contribution in [1.29, 1.82) is 0 Å². The molecule has 0 aliphatic rings. The summed E-state index contributed by atoms with van der Waals surface area (Å²) in [4.78, 5) is 27.4. The van der Waals surface area contributed by atoms with Gasteiger partial charge in [0.25, 0.3) is 5.91 Å². The molecule has 0 saturated carbocycles. The van der Waals surface area contributed by atoms with E-state index in [1.54, 1.807) is 42.6 Å². The summed E-state index contributed by atoms with van der Waals surface area (Å²) in [5.41, 5.74) is 2.44. The van der Waals surface area contributed by atoms with Crippen LogP contribution in [-0.4, -0.2) is 30.5 Å². The van der Waals surface area contributed by atoms with Crippen LogP contribution in [0.25, 0.3) is 0 Å². The van der Waals surface area contributed by atoms with Crippen molar-refractivity contribution in [2.24, 2.45) is 0 Å². The third-order valence-corrected chi connectivity index (χ3v) is 3.41. The van der Waals surface area contributed by atoms with Crippen molar-refractivity contribution in [3.63, 3.8) is 0 Å². The van der Waals surface area contributed by atoms with Gasteiger partial charge in [-0.25, -0.2) is 9.78 Å². The zero-order chi connectivity index (χ0) is 17.4. The number of esters is 1. The van der Waals surface area contributed by atoms with Gasteiger partial charge < -0.3 is 15.4 Å². The van der Waals surface area contributed by atoms with Gasteiger partial charge in [0.15, 0.2) is 0 Å². The topological polar surface area (TPSA) is 80.3 Å². The van der Waals surface area contributed by atoms with Crippen LogP contribution >= 0.6 is 0 Å². The number of unbranched alkanes of at least 4 members (excludes halogenated alkanes) is 1. The average Bonchev–Trinajstić information content (AvgIpc) is 2.62. The Labute approximate surface area is 141 Å². The molecule has 1 amide bonds. The molecular weight excluding hydrogens is 306 g/mol. The van der Waals surface area contributed by atoms with E-state index in [1.165, 1.54) is 7.11 Å². The Bertz CT molecular complexity index is 682. The highest BCUT2D eigenvalue weighted by atomic mass is 16.5. The highest BCUT2D eigenvalue weighted by molar-refractivity contribution is 5.92. The Morgan fingerprint density at radius 3 is 2.38 bits per heavy atom. The number of rotatable bonds is 7. The summed E-state index contributed by atoms with van der Waals surface area (Å²) in [6.45, 7) is 2.73. The van der Waals surface area contributed by atoms with E-state index in [9.17, 15) is 9.59 Å². The van der Waals surface area contributed by atoms with Gasteiger partial charge in [0.2, 0.25) is 0 Å². The van der Waals surface area contributed by atoms with E-state index >= 15 is 0 Å². The molecule has 24 heavy (non-hydrogen) atoms. The number of aromatic nitrogens is 1. The van der Waals surface area contributed by atoms with Gasteiger partial charge in [-0.15, -0.1) is 0 Å². The number of carbonyl (C=O) groups excluding carboxylic acids is 2. The first-order valence-electron chi connectivity index (χ1n) is 7.83. The minimum Gasteiger partial charge on any atom is -0.465 e. The summed E-state index contributed by atoms with van der Waals surface area (Å²) in [7, 11) is 1.35. The Morgan fingerprint density at radius 2 is 1.79 bits per heavy atom. The molecule has 0 fully saturated rings. The molecule has 6 nitrogen and oxygen atoms in total. The normalized spacial score (nSPS) is 10.1. The van der Waals surface area contributed by atoms with Crippen LogP contribution in [0.5, 0.6) is 0 Å². The minimum atomic E-state index is -0.373. The van der Waals surface area contributed by atoms with Crippen LogP contribution < -0.4 is 10.6 Å². The van der Waals surface area contributed by atoms with Crippen LogP contribution in [0.1, 0.15) is 40.6 Å². The second-order valence-electron chi connectivity index (χ2n) is 5.24. The first-order valence-corrected chi connectivity index (χ1v) is 7.83. The predicted molar refractivity (Wildman–Crippen MR) is 92.5 cm³/mol. The Kier molecular flexibility index (Phi) is 6.31. The van der Waals surface area contributed by atoms with Gasteiger partial charge in [0.05, 0.1) is 24.6 Å². The summed E-state index contributed by atoms with van der Waals surface area (Å²) in [6.07, 6.45) is 3.58. The van der Waals surface area contributed by atoms with Crippen LogP contribution in [-0.2, 0) is 4.74 Å². The van der Waals surface area contributed by atoms with E-state index in [0.717, 1.165) is 24.2 Å². The van der Waals surface area contributed by atoms with E-state index in [4.69, 9.17) is 0 Å². The van der Waals surface area contributed by atoms with E-state index < -0.39 is 0 Å². The lowest BCUT2D eigenvalue weighted by atomic mass is 10.2. The Morgan fingerprint density at radius 1 is 1.08 bits per heavy atom. The Hall–Kier alpha value is -2.89. The maximum absolute atomic E-state index is 11.9. The largest absolute Gasteiger partial charge is 0.465 e. The number of hydrogen-bond acceptors (Lipinski definition) is 5. The fourth-order valence-corrected chi connectivity index (χ4v) is 2.05. The number of anilines is 2. The summed E-state index contributed by atoms with van der Waals surface area (Å²) in [5, 5.41) is 5.99. The summed E-state index contributed by atoms with van der Waals surface area (Å²) in [6, 6.07) is 10.4. The summed E-state index contributed by atoms with van der Waals surface area (Å²) >= 11 is 0. The molecule has 0 bridgehead atoms. The highest BCUT2D eigenvalue weighted by Crippen LogP contribution is 2.17. The standard InChI is InChI=1S/C18H21N3O3/c1-3-4-11-19-17(22)16-10-9-15(12-20-16)21-14-7-5-13(6-8-14)18(23)24-2/h5-10,12,21H,3-4,11H2,1-2H3,(H,19,22). The molecule has 0 spiro atoms. The van der Waals surface area contributed by atoms with Crippen molar-refractivity contribution in [3.8, 4) is 0 Å². The molecule has 0 atom stereocenters. The lowest BCUT2D eigenvalue weighted by Gasteiger charge is -2.08. The number of hydrogen-bond donors (Lipinski definition) is 2. The van der Waals surface area contributed by atoms with Gasteiger partial charge in [-0.1, -0.05) is 13.3 Å². The second kappa shape index (κ2) is 8.67.